The first-order valence-corrected chi connectivity index (χ1v) is 11.6. The lowest BCUT2D eigenvalue weighted by molar-refractivity contribution is -0.118. The van der Waals surface area contributed by atoms with E-state index in [1.54, 1.807) is 60.7 Å². The van der Waals surface area contributed by atoms with Crippen molar-refractivity contribution in [2.45, 2.75) is 26.0 Å². The number of carbonyl (C=O) groups is 3. The Morgan fingerprint density at radius 1 is 0.892 bits per heavy atom. The molecule has 0 aliphatic rings. The Balaban J connectivity index is 1.65. The molecule has 4 rings (SSSR count). The van der Waals surface area contributed by atoms with Crippen LogP contribution in [0.4, 0.5) is 11.4 Å². The molecule has 37 heavy (non-hydrogen) atoms. The van der Waals surface area contributed by atoms with Crippen molar-refractivity contribution in [2.75, 3.05) is 17.2 Å². The molecular formula is C27H27N5O5. The fourth-order valence-corrected chi connectivity index (χ4v) is 3.97. The molecule has 4 aromatic rings. The second kappa shape index (κ2) is 10.5. The standard InChI is InChI=1S/C27H27N5O5/c1-14(2)37-13-22(30-16-8-6-15(7-9-16)24(28)33)27(36)31-17-10-11-19-21(12-17)18-4-3-5-20(25(29)34)23(18)32-26(19)35/h3-12,14,22,30H,13H2,1-2H3,(H2,28,33)(H2,29,34)(H,31,36)(H,32,35). The minimum absolute atomic E-state index is 0.0826. The van der Waals surface area contributed by atoms with Gasteiger partial charge in [0.15, 0.2) is 0 Å². The van der Waals surface area contributed by atoms with E-state index in [4.69, 9.17) is 16.2 Å². The van der Waals surface area contributed by atoms with Crippen LogP contribution < -0.4 is 27.7 Å². The van der Waals surface area contributed by atoms with Gasteiger partial charge in [-0.1, -0.05) is 12.1 Å². The third-order valence-corrected chi connectivity index (χ3v) is 5.81. The minimum Gasteiger partial charge on any atom is -0.376 e. The minimum atomic E-state index is -0.769. The van der Waals surface area contributed by atoms with Gasteiger partial charge in [0.25, 0.3) is 11.5 Å². The second-order valence-corrected chi connectivity index (χ2v) is 8.82. The van der Waals surface area contributed by atoms with E-state index < -0.39 is 17.9 Å². The highest BCUT2D eigenvalue weighted by Gasteiger charge is 2.20. The van der Waals surface area contributed by atoms with Crippen LogP contribution in [0, 0.1) is 0 Å². The SMILES string of the molecule is CC(C)OCC(Nc1ccc(C(N)=O)cc1)C(=O)Nc1ccc2c(=O)[nH]c3c(C(N)=O)cccc3c2c1. The molecule has 190 valence electrons. The first-order chi connectivity index (χ1) is 17.6. The predicted octanol–water partition coefficient (Wildman–Crippen LogP) is 2.72. The zero-order valence-electron chi connectivity index (χ0n) is 20.3. The molecule has 0 aliphatic carbocycles. The molecule has 0 saturated heterocycles. The van der Waals surface area contributed by atoms with Gasteiger partial charge in [0.05, 0.1) is 23.8 Å². The van der Waals surface area contributed by atoms with Gasteiger partial charge in [0.2, 0.25) is 11.8 Å². The number of benzene rings is 3. The first kappa shape index (κ1) is 25.4. The summed E-state index contributed by atoms with van der Waals surface area (Å²) in [6.07, 6.45) is -0.104. The number of rotatable bonds is 9. The maximum atomic E-state index is 13.3. The highest BCUT2D eigenvalue weighted by Crippen LogP contribution is 2.26. The predicted molar refractivity (Wildman–Crippen MR) is 143 cm³/mol. The number of aromatic amines is 1. The number of anilines is 2. The Hall–Kier alpha value is -4.70. The van der Waals surface area contributed by atoms with Crippen molar-refractivity contribution >= 4 is 50.8 Å². The molecule has 10 nitrogen and oxygen atoms in total. The zero-order valence-corrected chi connectivity index (χ0v) is 20.3. The largest absolute Gasteiger partial charge is 0.376 e. The van der Waals surface area contributed by atoms with Crippen molar-refractivity contribution in [2.24, 2.45) is 11.5 Å². The van der Waals surface area contributed by atoms with Crippen LogP contribution in [0.5, 0.6) is 0 Å². The highest BCUT2D eigenvalue weighted by molar-refractivity contribution is 6.13. The molecule has 7 N–H and O–H groups in total. The molecule has 0 aliphatic heterocycles. The van der Waals surface area contributed by atoms with Gasteiger partial charge < -0.3 is 31.8 Å². The molecule has 0 fully saturated rings. The topological polar surface area (TPSA) is 169 Å². The van der Waals surface area contributed by atoms with Crippen LogP contribution in [0.1, 0.15) is 34.6 Å². The van der Waals surface area contributed by atoms with Crippen molar-refractivity contribution in [1.29, 1.82) is 0 Å². The third-order valence-electron chi connectivity index (χ3n) is 5.81. The van der Waals surface area contributed by atoms with Crippen molar-refractivity contribution in [3.8, 4) is 0 Å². The number of primary amides is 2. The fraction of sp³-hybridized carbons (Fsp3) is 0.185. The zero-order chi connectivity index (χ0) is 26.7. The molecule has 3 amide bonds. The number of fused-ring (bicyclic) bond motifs is 3. The maximum absolute atomic E-state index is 13.3. The Morgan fingerprint density at radius 2 is 1.59 bits per heavy atom. The fourth-order valence-electron chi connectivity index (χ4n) is 3.97. The van der Waals surface area contributed by atoms with Gasteiger partial charge in [-0.25, -0.2) is 0 Å². The van der Waals surface area contributed by atoms with E-state index in [0.29, 0.717) is 38.6 Å². The molecule has 0 spiro atoms. The molecular weight excluding hydrogens is 474 g/mol. The summed E-state index contributed by atoms with van der Waals surface area (Å²) in [7, 11) is 0. The number of ether oxygens (including phenoxy) is 1. The van der Waals surface area contributed by atoms with E-state index in [1.165, 1.54) is 0 Å². The third kappa shape index (κ3) is 5.60. The van der Waals surface area contributed by atoms with Crippen LogP contribution in [0.25, 0.3) is 21.7 Å². The van der Waals surface area contributed by atoms with Crippen LogP contribution in [0.15, 0.2) is 65.5 Å². The van der Waals surface area contributed by atoms with Gasteiger partial charge in [-0.3, -0.25) is 19.2 Å². The van der Waals surface area contributed by atoms with E-state index >= 15 is 0 Å². The maximum Gasteiger partial charge on any atom is 0.256 e. The molecule has 1 unspecified atom stereocenters. The molecule has 1 aromatic heterocycles. The number of H-pyrrole nitrogens is 1. The van der Waals surface area contributed by atoms with Crippen LogP contribution in [-0.4, -0.2) is 41.5 Å². The number of nitrogens with one attached hydrogen (secondary N) is 3. The van der Waals surface area contributed by atoms with Crippen molar-refractivity contribution in [1.82, 2.24) is 4.98 Å². The average molecular weight is 502 g/mol. The lowest BCUT2D eigenvalue weighted by Gasteiger charge is -2.21. The summed E-state index contributed by atoms with van der Waals surface area (Å²) in [5.74, 6) is -1.58. The van der Waals surface area contributed by atoms with Gasteiger partial charge >= 0.3 is 0 Å². The van der Waals surface area contributed by atoms with E-state index in [-0.39, 0.29) is 29.7 Å². The number of carbonyl (C=O) groups excluding carboxylic acids is 3. The summed E-state index contributed by atoms with van der Waals surface area (Å²) in [6, 6.07) is 15.6. The summed E-state index contributed by atoms with van der Waals surface area (Å²) < 4.78 is 5.69. The van der Waals surface area contributed by atoms with Gasteiger partial charge in [0.1, 0.15) is 6.04 Å². The van der Waals surface area contributed by atoms with Crippen molar-refractivity contribution in [3.05, 3.63) is 82.1 Å². The van der Waals surface area contributed by atoms with Gasteiger partial charge in [0, 0.05) is 27.7 Å². The number of hydrogen-bond donors (Lipinski definition) is 5. The molecule has 10 heteroatoms. The normalized spacial score (nSPS) is 12.0. The van der Waals surface area contributed by atoms with Gasteiger partial charge in [-0.15, -0.1) is 0 Å². The van der Waals surface area contributed by atoms with E-state index in [9.17, 15) is 19.2 Å². The molecule has 1 atom stereocenters. The van der Waals surface area contributed by atoms with Gasteiger partial charge in [-0.2, -0.15) is 0 Å². The number of amides is 3. The Kier molecular flexibility index (Phi) is 7.21. The summed E-state index contributed by atoms with van der Waals surface area (Å²) in [4.78, 5) is 51.9. The van der Waals surface area contributed by atoms with Gasteiger partial charge in [-0.05, 0) is 67.8 Å². The van der Waals surface area contributed by atoms with E-state index in [0.717, 1.165) is 0 Å². The number of para-hydroxylation sites is 1. The summed E-state index contributed by atoms with van der Waals surface area (Å²) >= 11 is 0. The van der Waals surface area contributed by atoms with Crippen molar-refractivity contribution in [3.63, 3.8) is 0 Å². The lowest BCUT2D eigenvalue weighted by atomic mass is 10.0. The highest BCUT2D eigenvalue weighted by atomic mass is 16.5. The van der Waals surface area contributed by atoms with Crippen LogP contribution in [-0.2, 0) is 9.53 Å². The van der Waals surface area contributed by atoms with Crippen LogP contribution in [0.2, 0.25) is 0 Å². The average Bonchev–Trinajstić information content (AvgIpc) is 2.86. The Morgan fingerprint density at radius 3 is 2.24 bits per heavy atom. The van der Waals surface area contributed by atoms with Crippen LogP contribution >= 0.6 is 0 Å². The quantitative estimate of drug-likeness (QED) is 0.221. The Bertz CT molecular complexity index is 1560. The van der Waals surface area contributed by atoms with Crippen molar-refractivity contribution < 1.29 is 19.1 Å². The number of hydrogen-bond acceptors (Lipinski definition) is 6. The Labute approximate surface area is 212 Å². The molecule has 3 aromatic carbocycles. The molecule has 1 heterocycles. The number of nitrogens with two attached hydrogens (primary N) is 2. The monoisotopic (exact) mass is 501 g/mol. The smallest absolute Gasteiger partial charge is 0.256 e. The second-order valence-electron chi connectivity index (χ2n) is 8.82. The number of pyridine rings is 1. The molecule has 0 bridgehead atoms. The number of aromatic nitrogens is 1. The van der Waals surface area contributed by atoms with E-state index in [1.807, 2.05) is 13.8 Å². The summed E-state index contributed by atoms with van der Waals surface area (Å²) in [5.41, 5.74) is 12.3. The molecule has 0 radical (unpaired) electrons. The van der Waals surface area contributed by atoms with Crippen LogP contribution in [0.3, 0.4) is 0 Å². The molecule has 0 saturated carbocycles. The first-order valence-electron chi connectivity index (χ1n) is 11.6. The summed E-state index contributed by atoms with van der Waals surface area (Å²) in [5, 5.41) is 7.57. The lowest BCUT2D eigenvalue weighted by Crippen LogP contribution is -2.39. The van der Waals surface area contributed by atoms with E-state index in [2.05, 4.69) is 15.6 Å². The summed E-state index contributed by atoms with van der Waals surface area (Å²) in [6.45, 7) is 3.81.